The molecule has 46 heavy (non-hydrogen) atoms. The molecule has 248 valence electrons. The van der Waals surface area contributed by atoms with Gasteiger partial charge in [-0.2, -0.15) is 0 Å². The average Bonchev–Trinajstić information content (AvgIpc) is 3.47. The van der Waals surface area contributed by atoms with Crippen LogP contribution in [0, 0.1) is 11.8 Å². The van der Waals surface area contributed by atoms with E-state index in [1.165, 1.54) is 11.3 Å². The molecule has 0 radical (unpaired) electrons. The first-order valence-electron chi connectivity index (χ1n) is 15.9. The SMILES string of the molecule is CCC(=O)N[C@@H](Cc1nc2ccc(Cl)cc2s1)C(=O)N[C@H](C(=O)C[C@@H](CCCCN)C(=O)NCc1ccncc1)C1CCOCC1. The van der Waals surface area contributed by atoms with Gasteiger partial charge in [0.25, 0.3) is 0 Å². The number of pyridine rings is 1. The number of ketones is 1. The maximum absolute atomic E-state index is 14.0. The normalized spacial score (nSPS) is 15.5. The van der Waals surface area contributed by atoms with Crippen LogP contribution in [0.3, 0.4) is 0 Å². The Kier molecular flexibility index (Phi) is 13.9. The standard InChI is InChI=1S/C33H43ClN6O5S/c1-2-29(42)38-26(19-30-39-25-7-6-24(34)18-28(25)46-30)33(44)40-31(22-10-15-45-16-11-22)27(41)17-23(5-3-4-12-35)32(43)37-20-21-8-13-36-14-9-21/h6-9,13-14,18,22-23,26,31H,2-5,10-12,15-17,19-20,35H2,1H3,(H,37,43)(H,38,42)(H,40,44)/t23-,26+,31+/m1/s1. The van der Waals surface area contributed by atoms with E-state index in [9.17, 15) is 19.2 Å². The number of benzene rings is 1. The number of ether oxygens (including phenoxy) is 1. The minimum Gasteiger partial charge on any atom is -0.381 e. The van der Waals surface area contributed by atoms with E-state index in [2.05, 4.69) is 25.9 Å². The molecule has 2 aromatic heterocycles. The molecule has 1 fully saturated rings. The van der Waals surface area contributed by atoms with E-state index in [-0.39, 0.29) is 42.8 Å². The summed E-state index contributed by atoms with van der Waals surface area (Å²) < 4.78 is 6.42. The second-order valence-electron chi connectivity index (χ2n) is 11.6. The number of unbranched alkanes of at least 4 members (excludes halogenated alkanes) is 1. The summed E-state index contributed by atoms with van der Waals surface area (Å²) in [4.78, 5) is 62.4. The van der Waals surface area contributed by atoms with Gasteiger partial charge in [0.1, 0.15) is 6.04 Å². The highest BCUT2D eigenvalue weighted by molar-refractivity contribution is 7.18. The second kappa shape index (κ2) is 18.0. The molecule has 3 amide bonds. The number of thiazole rings is 1. The Morgan fingerprint density at radius 1 is 1.07 bits per heavy atom. The first-order chi connectivity index (χ1) is 22.3. The van der Waals surface area contributed by atoms with Gasteiger partial charge in [0.05, 0.1) is 21.3 Å². The largest absolute Gasteiger partial charge is 0.381 e. The summed E-state index contributed by atoms with van der Waals surface area (Å²) in [6.45, 7) is 3.47. The smallest absolute Gasteiger partial charge is 0.243 e. The molecule has 0 bridgehead atoms. The van der Waals surface area contributed by atoms with Crippen molar-refractivity contribution in [2.24, 2.45) is 17.6 Å². The van der Waals surface area contributed by atoms with Crippen LogP contribution in [-0.2, 0) is 36.9 Å². The first-order valence-corrected chi connectivity index (χ1v) is 17.1. The number of carbonyl (C=O) groups is 4. The monoisotopic (exact) mass is 670 g/mol. The molecule has 1 aromatic carbocycles. The van der Waals surface area contributed by atoms with Gasteiger partial charge in [-0.05, 0) is 74.0 Å². The quantitative estimate of drug-likeness (QED) is 0.158. The van der Waals surface area contributed by atoms with Gasteiger partial charge in [-0.3, -0.25) is 24.2 Å². The third-order valence-corrected chi connectivity index (χ3v) is 9.45. The number of halogens is 1. The van der Waals surface area contributed by atoms with Crippen molar-refractivity contribution in [2.75, 3.05) is 19.8 Å². The number of nitrogens with one attached hydrogen (secondary N) is 3. The molecule has 1 saturated heterocycles. The summed E-state index contributed by atoms with van der Waals surface area (Å²) in [5, 5.41) is 10.0. The second-order valence-corrected chi connectivity index (χ2v) is 13.1. The Bertz CT molecular complexity index is 1470. The zero-order valence-corrected chi connectivity index (χ0v) is 27.7. The molecule has 4 rings (SSSR count). The number of hydrogen-bond acceptors (Lipinski definition) is 9. The molecule has 0 aliphatic carbocycles. The molecule has 0 spiro atoms. The molecule has 0 saturated carbocycles. The summed E-state index contributed by atoms with van der Waals surface area (Å²) in [6.07, 6.45) is 6.75. The zero-order valence-electron chi connectivity index (χ0n) is 26.1. The summed E-state index contributed by atoms with van der Waals surface area (Å²) in [5.74, 6) is -1.93. The van der Waals surface area contributed by atoms with Crippen LogP contribution < -0.4 is 21.7 Å². The number of rotatable bonds is 17. The van der Waals surface area contributed by atoms with Gasteiger partial charge >= 0.3 is 0 Å². The molecular formula is C33H43ClN6O5S. The lowest BCUT2D eigenvalue weighted by Crippen LogP contribution is -2.55. The fourth-order valence-electron chi connectivity index (χ4n) is 5.54. The Balaban J connectivity index is 1.51. The van der Waals surface area contributed by atoms with Crippen LogP contribution in [0.25, 0.3) is 10.2 Å². The zero-order chi connectivity index (χ0) is 32.9. The lowest BCUT2D eigenvalue weighted by Gasteiger charge is -2.32. The molecule has 1 aliphatic heterocycles. The fraction of sp³-hybridized carbons (Fsp3) is 0.515. The number of nitrogens with two attached hydrogens (primary N) is 1. The number of Topliss-reactive ketones (excluding diaryl/α,β-unsaturated/α-hetero) is 1. The van der Waals surface area contributed by atoms with Crippen LogP contribution in [-0.4, -0.2) is 65.3 Å². The van der Waals surface area contributed by atoms with Crippen LogP contribution in [0.1, 0.15) is 62.4 Å². The van der Waals surface area contributed by atoms with Crippen LogP contribution in [0.15, 0.2) is 42.7 Å². The van der Waals surface area contributed by atoms with E-state index < -0.39 is 23.9 Å². The predicted octanol–water partition coefficient (Wildman–Crippen LogP) is 3.71. The van der Waals surface area contributed by atoms with E-state index >= 15 is 0 Å². The van der Waals surface area contributed by atoms with Crippen LogP contribution in [0.2, 0.25) is 5.02 Å². The highest BCUT2D eigenvalue weighted by Crippen LogP contribution is 2.27. The van der Waals surface area contributed by atoms with Crippen molar-refractivity contribution < 1.29 is 23.9 Å². The Hall–Kier alpha value is -3.45. The number of aromatic nitrogens is 2. The molecule has 3 aromatic rings. The molecule has 1 aliphatic rings. The molecule has 13 heteroatoms. The number of fused-ring (bicyclic) bond motifs is 1. The molecule has 3 atom stereocenters. The predicted molar refractivity (Wildman–Crippen MR) is 178 cm³/mol. The van der Waals surface area contributed by atoms with Crippen molar-refractivity contribution in [1.82, 2.24) is 25.9 Å². The van der Waals surface area contributed by atoms with Gasteiger partial charge in [0.15, 0.2) is 5.78 Å². The minimum atomic E-state index is -0.942. The molecular weight excluding hydrogens is 628 g/mol. The van der Waals surface area contributed by atoms with Gasteiger partial charge in [0, 0.05) is 62.4 Å². The van der Waals surface area contributed by atoms with Gasteiger partial charge in [-0.15, -0.1) is 11.3 Å². The topological polar surface area (TPSA) is 165 Å². The molecule has 11 nitrogen and oxygen atoms in total. The van der Waals surface area contributed by atoms with Crippen molar-refractivity contribution >= 4 is 56.7 Å². The lowest BCUT2D eigenvalue weighted by molar-refractivity contribution is -0.135. The van der Waals surface area contributed by atoms with Crippen LogP contribution in [0.5, 0.6) is 0 Å². The van der Waals surface area contributed by atoms with Crippen molar-refractivity contribution in [3.05, 3.63) is 58.3 Å². The molecule has 0 unspecified atom stereocenters. The highest BCUT2D eigenvalue weighted by atomic mass is 35.5. The minimum absolute atomic E-state index is 0.0281. The Labute approximate surface area is 278 Å². The van der Waals surface area contributed by atoms with E-state index in [1.807, 2.05) is 24.3 Å². The maximum atomic E-state index is 14.0. The summed E-state index contributed by atoms with van der Waals surface area (Å²) in [6, 6.07) is 7.25. The van der Waals surface area contributed by atoms with Crippen molar-refractivity contribution in [3.8, 4) is 0 Å². The number of nitrogens with zero attached hydrogens (tertiary/aromatic N) is 2. The van der Waals surface area contributed by atoms with Gasteiger partial charge in [-0.25, -0.2) is 4.98 Å². The lowest BCUT2D eigenvalue weighted by atomic mass is 9.84. The number of carbonyl (C=O) groups excluding carboxylic acids is 4. The Morgan fingerprint density at radius 2 is 1.83 bits per heavy atom. The number of amides is 3. The van der Waals surface area contributed by atoms with E-state index in [0.717, 1.165) is 22.2 Å². The van der Waals surface area contributed by atoms with Crippen molar-refractivity contribution in [2.45, 2.75) is 76.9 Å². The van der Waals surface area contributed by atoms with E-state index in [1.54, 1.807) is 25.4 Å². The number of hydrogen-bond donors (Lipinski definition) is 4. The maximum Gasteiger partial charge on any atom is 0.243 e. The summed E-state index contributed by atoms with van der Waals surface area (Å²) in [7, 11) is 0. The van der Waals surface area contributed by atoms with Gasteiger partial charge < -0.3 is 26.4 Å². The summed E-state index contributed by atoms with van der Waals surface area (Å²) >= 11 is 7.55. The van der Waals surface area contributed by atoms with Gasteiger partial charge in [-0.1, -0.05) is 24.9 Å². The highest BCUT2D eigenvalue weighted by Gasteiger charge is 2.35. The third-order valence-electron chi connectivity index (χ3n) is 8.17. The van der Waals surface area contributed by atoms with Crippen molar-refractivity contribution in [1.29, 1.82) is 0 Å². The van der Waals surface area contributed by atoms with Crippen LogP contribution in [0.4, 0.5) is 0 Å². The average molecular weight is 671 g/mol. The van der Waals surface area contributed by atoms with Gasteiger partial charge in [0.2, 0.25) is 17.7 Å². The van der Waals surface area contributed by atoms with E-state index in [0.29, 0.717) is 62.0 Å². The van der Waals surface area contributed by atoms with Crippen LogP contribution >= 0.6 is 22.9 Å². The fourth-order valence-corrected chi connectivity index (χ4v) is 6.83. The summed E-state index contributed by atoms with van der Waals surface area (Å²) in [5.41, 5.74) is 7.37. The first kappa shape index (κ1) is 35.4. The molecule has 5 N–H and O–H groups in total. The van der Waals surface area contributed by atoms with E-state index in [4.69, 9.17) is 22.1 Å². The third kappa shape index (κ3) is 10.5. The molecule has 3 heterocycles. The van der Waals surface area contributed by atoms with Crippen molar-refractivity contribution in [3.63, 3.8) is 0 Å². The Morgan fingerprint density at radius 3 is 2.54 bits per heavy atom.